The molecule has 1 aromatic heterocycles. The first-order chi connectivity index (χ1) is 21.9. The monoisotopic (exact) mass is 672 g/mol. The van der Waals surface area contributed by atoms with Crippen LogP contribution in [0.4, 0.5) is 0 Å². The second-order valence-electron chi connectivity index (χ2n) is 12.4. The Morgan fingerprint density at radius 2 is 1.46 bits per heavy atom. The van der Waals surface area contributed by atoms with Crippen molar-refractivity contribution in [3.63, 3.8) is 0 Å². The van der Waals surface area contributed by atoms with E-state index in [1.165, 1.54) is 10.8 Å². The number of nitrogens with zero attached hydrogens (tertiary/aromatic N) is 1. The molecule has 0 spiro atoms. The molecule has 0 aliphatic carbocycles. The van der Waals surface area contributed by atoms with E-state index in [0.717, 1.165) is 32.0 Å². The van der Waals surface area contributed by atoms with Gasteiger partial charge in [0.15, 0.2) is 0 Å². The Balaban J connectivity index is 1.58. The van der Waals surface area contributed by atoms with Gasteiger partial charge in [-0.25, -0.2) is 4.79 Å². The van der Waals surface area contributed by atoms with Gasteiger partial charge in [-0.05, 0) is 72.5 Å². The number of benzene rings is 3. The van der Waals surface area contributed by atoms with E-state index < -0.39 is 43.4 Å². The second-order valence-corrected chi connectivity index (χ2v) is 18.9. The molecule has 0 saturated carbocycles. The molecule has 1 aliphatic rings. The van der Waals surface area contributed by atoms with Gasteiger partial charge in [0.05, 0.1) is 12.7 Å². The topological polar surface area (TPSA) is 93.5 Å². The van der Waals surface area contributed by atoms with E-state index in [2.05, 4.69) is 96.8 Å². The molecule has 0 radical (unpaired) electrons. The molecule has 0 amide bonds. The summed E-state index contributed by atoms with van der Waals surface area (Å²) in [5.41, 5.74) is 5.47. The first kappa shape index (κ1) is 34.0. The summed E-state index contributed by atoms with van der Waals surface area (Å²) in [6.07, 6.45) is 3.39. The molecule has 0 bridgehead atoms. The lowest BCUT2D eigenvalue weighted by atomic mass is 9.79. The number of hydrogen-bond donors (Lipinski definition) is 2. The molecule has 7 nitrogen and oxygen atoms in total. The average Bonchev–Trinajstić information content (AvgIpc) is 3.42. The molecule has 2 N–H and O–H groups in total. The van der Waals surface area contributed by atoms with Crippen LogP contribution in [-0.4, -0.2) is 54.1 Å². The first-order valence-electron chi connectivity index (χ1n) is 15.2. The third kappa shape index (κ3) is 7.46. The van der Waals surface area contributed by atoms with E-state index in [-0.39, 0.29) is 13.0 Å². The van der Waals surface area contributed by atoms with E-state index in [1.807, 2.05) is 24.6 Å². The summed E-state index contributed by atoms with van der Waals surface area (Å²) in [6, 6.07) is 24.9. The first-order valence-corrected chi connectivity index (χ1v) is 21.1. The van der Waals surface area contributed by atoms with Crippen LogP contribution >= 0.6 is 23.5 Å². The van der Waals surface area contributed by atoms with Crippen LogP contribution in [0.2, 0.25) is 19.6 Å². The highest BCUT2D eigenvalue weighted by molar-refractivity contribution is 7.98. The summed E-state index contributed by atoms with van der Waals surface area (Å²) < 4.78 is 14.6. The number of aliphatic hydroxyl groups is 1. The highest BCUT2D eigenvalue weighted by Gasteiger charge is 2.42. The summed E-state index contributed by atoms with van der Waals surface area (Å²) >= 11 is 3.34. The molecule has 2 heterocycles. The fourth-order valence-electron chi connectivity index (χ4n) is 5.49. The van der Waals surface area contributed by atoms with E-state index in [0.29, 0.717) is 5.56 Å². The minimum absolute atomic E-state index is 0.0422. The normalized spacial score (nSPS) is 18.3. The third-order valence-electron chi connectivity index (χ3n) is 7.99. The molecule has 1 unspecified atom stereocenters. The third-order valence-corrected chi connectivity index (χ3v) is 10.4. The minimum atomic E-state index is -1.55. The maximum Gasteiger partial charge on any atom is 0.330 e. The van der Waals surface area contributed by atoms with Crippen molar-refractivity contribution in [3.05, 3.63) is 128 Å². The fraction of sp³-hybridized carbons (Fsp3) is 0.333. The Hall–Kier alpha value is -3.30. The number of hydrogen-bond acceptors (Lipinski definition) is 7. The van der Waals surface area contributed by atoms with Gasteiger partial charge in [0, 0.05) is 33.5 Å². The van der Waals surface area contributed by atoms with Crippen molar-refractivity contribution in [1.29, 1.82) is 0 Å². The van der Waals surface area contributed by atoms with Gasteiger partial charge in [-0.2, -0.15) is 0 Å². The lowest BCUT2D eigenvalue weighted by molar-refractivity contribution is -0.0944. The fourth-order valence-corrected chi connectivity index (χ4v) is 6.83. The number of rotatable bonds is 9. The molecule has 5 rings (SSSR count). The van der Waals surface area contributed by atoms with E-state index in [4.69, 9.17) is 9.47 Å². The van der Waals surface area contributed by atoms with Gasteiger partial charge in [-0.3, -0.25) is 14.3 Å². The van der Waals surface area contributed by atoms with Crippen molar-refractivity contribution >= 4 is 31.6 Å². The van der Waals surface area contributed by atoms with Gasteiger partial charge in [0.25, 0.3) is 5.56 Å². The zero-order valence-electron chi connectivity index (χ0n) is 27.0. The summed E-state index contributed by atoms with van der Waals surface area (Å²) in [5.74, 6) is 3.35. The van der Waals surface area contributed by atoms with Crippen LogP contribution < -0.4 is 11.2 Å². The van der Waals surface area contributed by atoms with Crippen LogP contribution in [0.5, 0.6) is 0 Å². The number of aromatic nitrogens is 2. The number of aromatic amines is 1. The van der Waals surface area contributed by atoms with Crippen molar-refractivity contribution in [2.75, 3.05) is 19.1 Å². The lowest BCUT2D eigenvalue weighted by Crippen LogP contribution is -2.38. The molecule has 46 heavy (non-hydrogen) atoms. The number of aryl methyl sites for hydroxylation is 1. The van der Waals surface area contributed by atoms with Crippen molar-refractivity contribution in [2.24, 2.45) is 0 Å². The summed E-state index contributed by atoms with van der Waals surface area (Å²) in [6.45, 7) is 8.34. The molecule has 3 atom stereocenters. The van der Waals surface area contributed by atoms with E-state index >= 15 is 0 Å². The number of ether oxygens (including phenoxy) is 2. The zero-order valence-corrected chi connectivity index (χ0v) is 29.6. The molecule has 1 aliphatic heterocycles. The van der Waals surface area contributed by atoms with Crippen LogP contribution in [-0.2, 0) is 15.1 Å². The van der Waals surface area contributed by atoms with Crippen LogP contribution in [0.3, 0.4) is 0 Å². The standard InChI is InChI=1S/C36H40N2O5S2Si/c1-24-22-38(35(41)37-34(24)40)33-21-31(39)32(43-33)23-42-36(27-11-15-29(44-2)16-12-27,28-13-17-30(45-3)18-14-28)26-9-7-25(8-10-26)19-20-46(4,5)6/h7-18,22,31-33,39H,21,23H2,1-6H3,(H,37,40,41)/t31-,32?,33+/m0/s1. The van der Waals surface area contributed by atoms with Crippen molar-refractivity contribution < 1.29 is 14.6 Å². The molecule has 4 aromatic rings. The minimum Gasteiger partial charge on any atom is -0.390 e. The largest absolute Gasteiger partial charge is 0.390 e. The van der Waals surface area contributed by atoms with Crippen LogP contribution in [0, 0.1) is 18.4 Å². The molecule has 1 fully saturated rings. The predicted octanol–water partition coefficient (Wildman–Crippen LogP) is 6.17. The molecule has 10 heteroatoms. The Morgan fingerprint density at radius 3 is 1.96 bits per heavy atom. The number of nitrogens with one attached hydrogen (secondary N) is 1. The van der Waals surface area contributed by atoms with Gasteiger partial charge in [-0.1, -0.05) is 62.0 Å². The average molecular weight is 673 g/mol. The predicted molar refractivity (Wildman–Crippen MR) is 190 cm³/mol. The van der Waals surface area contributed by atoms with Gasteiger partial charge in [0.1, 0.15) is 26.0 Å². The second kappa shape index (κ2) is 14.2. The van der Waals surface area contributed by atoms with Crippen LogP contribution in [0.15, 0.2) is 98.4 Å². The Morgan fingerprint density at radius 1 is 0.935 bits per heavy atom. The van der Waals surface area contributed by atoms with Gasteiger partial charge >= 0.3 is 5.69 Å². The zero-order chi connectivity index (χ0) is 33.1. The maximum atomic E-state index is 12.6. The van der Waals surface area contributed by atoms with Gasteiger partial charge in [-0.15, -0.1) is 29.1 Å². The maximum absolute atomic E-state index is 12.6. The smallest absolute Gasteiger partial charge is 0.330 e. The Labute approximate surface area is 279 Å². The SMILES string of the molecule is CSc1ccc(C(OCC2O[C@@H](n3cc(C)c(=O)[nH]c3=O)C[C@@H]2O)(c2ccc(C#C[Si](C)(C)C)cc2)c2ccc(SC)cc2)cc1. The van der Waals surface area contributed by atoms with Crippen LogP contribution in [0.1, 0.15) is 40.5 Å². The summed E-state index contributed by atoms with van der Waals surface area (Å²) in [7, 11) is -1.55. The molecule has 240 valence electrons. The highest BCUT2D eigenvalue weighted by Crippen LogP contribution is 2.43. The highest BCUT2D eigenvalue weighted by atomic mass is 32.2. The molecule has 3 aromatic carbocycles. The molecular weight excluding hydrogens is 633 g/mol. The molecule has 1 saturated heterocycles. The number of H-pyrrole nitrogens is 1. The van der Waals surface area contributed by atoms with Gasteiger partial charge < -0.3 is 14.6 Å². The lowest BCUT2D eigenvalue weighted by Gasteiger charge is -2.37. The van der Waals surface area contributed by atoms with Gasteiger partial charge in [0.2, 0.25) is 0 Å². The Bertz CT molecular complexity index is 1790. The quantitative estimate of drug-likeness (QED) is 0.0951. The van der Waals surface area contributed by atoms with E-state index in [1.54, 1.807) is 30.4 Å². The van der Waals surface area contributed by atoms with Crippen molar-refractivity contribution in [1.82, 2.24) is 9.55 Å². The molecular formula is C36H40N2O5S2Si. The Kier molecular flexibility index (Phi) is 10.5. The number of aliphatic hydroxyl groups excluding tert-OH is 1. The van der Waals surface area contributed by atoms with E-state index in [9.17, 15) is 14.7 Å². The van der Waals surface area contributed by atoms with Crippen molar-refractivity contribution in [3.8, 4) is 11.5 Å². The summed E-state index contributed by atoms with van der Waals surface area (Å²) in [4.78, 5) is 29.1. The summed E-state index contributed by atoms with van der Waals surface area (Å²) in [5, 5.41) is 11.1. The number of thioether (sulfide) groups is 2. The van der Waals surface area contributed by atoms with Crippen LogP contribution in [0.25, 0.3) is 0 Å². The van der Waals surface area contributed by atoms with Crippen molar-refractivity contribution in [2.45, 2.75) is 66.8 Å².